The van der Waals surface area contributed by atoms with Crippen LogP contribution in [0.25, 0.3) is 0 Å². The molecule has 1 aromatic heterocycles. The van der Waals surface area contributed by atoms with Crippen LogP contribution in [0.1, 0.15) is 42.0 Å². The van der Waals surface area contributed by atoms with Gasteiger partial charge >= 0.3 is 0 Å². The van der Waals surface area contributed by atoms with Gasteiger partial charge in [0, 0.05) is 24.1 Å². The zero-order valence-corrected chi connectivity index (χ0v) is 20.4. The lowest BCUT2D eigenvalue weighted by Crippen LogP contribution is -2.30. The third-order valence-corrected chi connectivity index (χ3v) is 6.27. The Bertz CT molecular complexity index is 1430. The number of rotatable bonds is 8. The Balaban J connectivity index is 1.49. The number of aryl methyl sites for hydroxylation is 2. The summed E-state index contributed by atoms with van der Waals surface area (Å²) in [7, 11) is 0. The first kappa shape index (κ1) is 23.5. The van der Waals surface area contributed by atoms with Gasteiger partial charge in [-0.2, -0.15) is 0 Å². The van der Waals surface area contributed by atoms with Crippen LogP contribution in [0.15, 0.2) is 73.1 Å². The van der Waals surface area contributed by atoms with Gasteiger partial charge in [-0.3, -0.25) is 5.41 Å². The highest BCUT2D eigenvalue weighted by Crippen LogP contribution is 2.45. The molecule has 0 aliphatic carbocycles. The van der Waals surface area contributed by atoms with E-state index in [1.165, 1.54) is 0 Å². The fraction of sp³-hybridized carbons (Fsp3) is 0.241. The minimum atomic E-state index is -0.229. The molecular formula is C29H29N3O4. The summed E-state index contributed by atoms with van der Waals surface area (Å²) in [5.41, 5.74) is 4.08. The third-order valence-electron chi connectivity index (χ3n) is 6.27. The smallest absolute Gasteiger partial charge is 0.228 e. The van der Waals surface area contributed by atoms with Gasteiger partial charge in [0.25, 0.3) is 0 Å². The van der Waals surface area contributed by atoms with E-state index in [1.54, 1.807) is 18.5 Å². The predicted molar refractivity (Wildman–Crippen MR) is 136 cm³/mol. The van der Waals surface area contributed by atoms with E-state index < -0.39 is 0 Å². The van der Waals surface area contributed by atoms with Crippen molar-refractivity contribution >= 4 is 0 Å². The largest absolute Gasteiger partial charge is 0.508 e. The lowest BCUT2D eigenvalue weighted by Gasteiger charge is -2.28. The van der Waals surface area contributed by atoms with Crippen LogP contribution >= 0.6 is 0 Å². The fourth-order valence-electron chi connectivity index (χ4n) is 4.62. The van der Waals surface area contributed by atoms with Crippen molar-refractivity contribution in [1.29, 1.82) is 5.41 Å². The van der Waals surface area contributed by atoms with Crippen molar-refractivity contribution < 1.29 is 19.3 Å². The zero-order valence-electron chi connectivity index (χ0n) is 20.4. The number of ether oxygens (including phenoxy) is 3. The summed E-state index contributed by atoms with van der Waals surface area (Å²) < 4.78 is 19.3. The van der Waals surface area contributed by atoms with Gasteiger partial charge in [-0.25, -0.2) is 4.98 Å². The molecule has 0 bridgehead atoms. The Kier molecular flexibility index (Phi) is 6.62. The Morgan fingerprint density at radius 1 is 0.972 bits per heavy atom. The molecule has 3 aromatic carbocycles. The second-order valence-corrected chi connectivity index (χ2v) is 8.57. The minimum Gasteiger partial charge on any atom is -0.508 e. The SMILES string of the molecule is CCOc1ccc(CCn2cnc3c(c2=N)[C@H](c2ccccc2)c2ccc(O)cc2O3)cc1OCC. The molecule has 2 N–H and O–H groups in total. The number of benzene rings is 3. The highest BCUT2D eigenvalue weighted by Gasteiger charge is 2.32. The number of fused-ring (bicyclic) bond motifs is 2. The van der Waals surface area contributed by atoms with Gasteiger partial charge in [0.2, 0.25) is 5.88 Å². The molecule has 2 heterocycles. The molecule has 0 fully saturated rings. The first-order chi connectivity index (χ1) is 17.6. The number of phenols is 1. The highest BCUT2D eigenvalue weighted by atomic mass is 16.5. The van der Waals surface area contributed by atoms with Gasteiger partial charge in [-0.05, 0) is 49.6 Å². The van der Waals surface area contributed by atoms with Crippen LogP contribution in [-0.4, -0.2) is 27.9 Å². The van der Waals surface area contributed by atoms with E-state index in [-0.39, 0.29) is 11.7 Å². The molecule has 5 rings (SSSR count). The molecule has 7 nitrogen and oxygen atoms in total. The second kappa shape index (κ2) is 10.2. The Morgan fingerprint density at radius 3 is 2.53 bits per heavy atom. The van der Waals surface area contributed by atoms with Crippen LogP contribution in [-0.2, 0) is 13.0 Å². The van der Waals surface area contributed by atoms with Gasteiger partial charge in [0.1, 0.15) is 23.3 Å². The summed E-state index contributed by atoms with van der Waals surface area (Å²) in [6, 6.07) is 21.1. The first-order valence-corrected chi connectivity index (χ1v) is 12.2. The lowest BCUT2D eigenvalue weighted by atomic mass is 9.84. The zero-order chi connectivity index (χ0) is 25.1. The summed E-state index contributed by atoms with van der Waals surface area (Å²) in [6.45, 7) is 5.61. The van der Waals surface area contributed by atoms with Crippen LogP contribution in [0.3, 0.4) is 0 Å². The van der Waals surface area contributed by atoms with E-state index in [0.29, 0.717) is 48.9 Å². The number of aromatic nitrogens is 2. The molecule has 1 aliphatic rings. The summed E-state index contributed by atoms with van der Waals surface area (Å²) >= 11 is 0. The number of hydrogen-bond acceptors (Lipinski definition) is 6. The standard InChI is InChI=1S/C29H29N3O4/c1-3-34-23-13-10-19(16-25(23)35-4-2)14-15-32-18-31-29-27(28(32)30)26(20-8-6-5-7-9-20)22-12-11-21(33)17-24(22)36-29/h5-13,16-18,26,30,33H,3-4,14-15H2,1-2H3/t26-/m1/s1. The summed E-state index contributed by atoms with van der Waals surface area (Å²) in [4.78, 5) is 4.58. The van der Waals surface area contributed by atoms with Crippen LogP contribution < -0.4 is 19.7 Å². The van der Waals surface area contributed by atoms with Crippen molar-refractivity contribution in [2.75, 3.05) is 13.2 Å². The topological polar surface area (TPSA) is 89.6 Å². The van der Waals surface area contributed by atoms with Crippen molar-refractivity contribution in [3.8, 4) is 28.9 Å². The summed E-state index contributed by atoms with van der Waals surface area (Å²) in [6.07, 6.45) is 2.35. The van der Waals surface area contributed by atoms with Crippen LogP contribution in [0.4, 0.5) is 0 Å². The molecular weight excluding hydrogens is 454 g/mol. The van der Waals surface area contributed by atoms with E-state index >= 15 is 0 Å². The monoisotopic (exact) mass is 483 g/mol. The van der Waals surface area contributed by atoms with Gasteiger partial charge < -0.3 is 23.9 Å². The molecule has 0 saturated heterocycles. The van der Waals surface area contributed by atoms with E-state index in [9.17, 15) is 5.11 Å². The highest BCUT2D eigenvalue weighted by molar-refractivity contribution is 5.57. The van der Waals surface area contributed by atoms with Crippen LogP contribution in [0.2, 0.25) is 0 Å². The van der Waals surface area contributed by atoms with E-state index in [0.717, 1.165) is 28.2 Å². The third kappa shape index (κ3) is 4.52. The molecule has 7 heteroatoms. The maximum absolute atomic E-state index is 10.0. The molecule has 184 valence electrons. The number of nitrogens with zero attached hydrogens (tertiary/aromatic N) is 2. The van der Waals surface area contributed by atoms with Crippen molar-refractivity contribution in [2.45, 2.75) is 32.7 Å². The Labute approximate surface area is 210 Å². The Hall–Kier alpha value is -4.26. The van der Waals surface area contributed by atoms with E-state index in [2.05, 4.69) is 4.98 Å². The van der Waals surface area contributed by atoms with E-state index in [4.69, 9.17) is 19.6 Å². The number of phenolic OH excluding ortho intramolecular Hbond substituents is 1. The van der Waals surface area contributed by atoms with Crippen molar-refractivity contribution in [3.05, 3.63) is 101 Å². The quantitative estimate of drug-likeness (QED) is 0.309. The number of nitrogens with one attached hydrogen (secondary N) is 1. The van der Waals surface area contributed by atoms with Crippen LogP contribution in [0.5, 0.6) is 28.9 Å². The molecule has 1 aliphatic heterocycles. The molecule has 0 radical (unpaired) electrons. The lowest BCUT2D eigenvalue weighted by molar-refractivity contribution is 0.287. The second-order valence-electron chi connectivity index (χ2n) is 8.57. The minimum absolute atomic E-state index is 0.128. The van der Waals surface area contributed by atoms with Gasteiger partial charge in [-0.15, -0.1) is 0 Å². The molecule has 1 atom stereocenters. The predicted octanol–water partition coefficient (Wildman–Crippen LogP) is 5.39. The number of aromatic hydroxyl groups is 1. The molecule has 36 heavy (non-hydrogen) atoms. The van der Waals surface area contributed by atoms with Gasteiger partial charge in [0.05, 0.1) is 18.8 Å². The molecule has 0 amide bonds. The normalized spacial score (nSPS) is 13.9. The number of hydrogen-bond donors (Lipinski definition) is 2. The summed E-state index contributed by atoms with van der Waals surface area (Å²) in [5.74, 6) is 2.31. The average molecular weight is 484 g/mol. The van der Waals surface area contributed by atoms with Crippen molar-refractivity contribution in [3.63, 3.8) is 0 Å². The van der Waals surface area contributed by atoms with Crippen LogP contribution in [0, 0.1) is 5.41 Å². The molecule has 0 saturated carbocycles. The first-order valence-electron chi connectivity index (χ1n) is 12.2. The summed E-state index contributed by atoms with van der Waals surface area (Å²) in [5, 5.41) is 19.1. The molecule has 0 unspecified atom stereocenters. The van der Waals surface area contributed by atoms with Crippen molar-refractivity contribution in [1.82, 2.24) is 9.55 Å². The molecule has 0 spiro atoms. The Morgan fingerprint density at radius 2 is 1.75 bits per heavy atom. The van der Waals surface area contributed by atoms with Gasteiger partial charge in [0.15, 0.2) is 11.5 Å². The van der Waals surface area contributed by atoms with Gasteiger partial charge in [-0.1, -0.05) is 42.5 Å². The van der Waals surface area contributed by atoms with Crippen molar-refractivity contribution in [2.24, 2.45) is 0 Å². The van der Waals surface area contributed by atoms with E-state index in [1.807, 2.05) is 73.0 Å². The average Bonchev–Trinajstić information content (AvgIpc) is 2.89. The fourth-order valence-corrected chi connectivity index (χ4v) is 4.62. The maximum atomic E-state index is 10.0. The molecule has 4 aromatic rings. The maximum Gasteiger partial charge on any atom is 0.228 e.